The standard InChI is InChI=1S/C27H36N4O/c1-6-29-11-13-30(14-12-29)18-27(32)31-26(24-16-20(3)8-10-22(24)5)17-25(28-31)23-15-19(2)7-9-21(23)4/h7-10,15-16,26H,6,11-14,17-18H2,1-5H3/t26-/m1/s1. The second-order valence-corrected chi connectivity index (χ2v) is 9.39. The van der Waals surface area contributed by atoms with Gasteiger partial charge < -0.3 is 4.90 Å². The topological polar surface area (TPSA) is 39.1 Å². The van der Waals surface area contributed by atoms with Gasteiger partial charge in [0.2, 0.25) is 0 Å². The number of hydrogen-bond acceptors (Lipinski definition) is 4. The van der Waals surface area contributed by atoms with Crippen molar-refractivity contribution in [1.29, 1.82) is 0 Å². The van der Waals surface area contributed by atoms with Crippen molar-refractivity contribution in [2.24, 2.45) is 5.10 Å². The Morgan fingerprint density at radius 3 is 2.22 bits per heavy atom. The van der Waals surface area contributed by atoms with Gasteiger partial charge in [-0.15, -0.1) is 0 Å². The van der Waals surface area contributed by atoms with Gasteiger partial charge >= 0.3 is 0 Å². The Labute approximate surface area is 192 Å². The summed E-state index contributed by atoms with van der Waals surface area (Å²) in [7, 11) is 0. The monoisotopic (exact) mass is 432 g/mol. The second-order valence-electron chi connectivity index (χ2n) is 9.39. The van der Waals surface area contributed by atoms with E-state index in [4.69, 9.17) is 5.10 Å². The molecular formula is C27H36N4O. The summed E-state index contributed by atoms with van der Waals surface area (Å²) in [4.78, 5) is 18.3. The van der Waals surface area contributed by atoms with Gasteiger partial charge in [-0.1, -0.05) is 48.4 Å². The van der Waals surface area contributed by atoms with Gasteiger partial charge in [-0.05, 0) is 57.0 Å². The zero-order valence-corrected chi connectivity index (χ0v) is 20.2. The Hall–Kier alpha value is -2.50. The van der Waals surface area contributed by atoms with Crippen LogP contribution in [-0.4, -0.2) is 65.7 Å². The first kappa shape index (κ1) is 22.7. The number of piperazine rings is 1. The van der Waals surface area contributed by atoms with E-state index >= 15 is 0 Å². The van der Waals surface area contributed by atoms with Crippen LogP contribution in [0.25, 0.3) is 0 Å². The van der Waals surface area contributed by atoms with Gasteiger partial charge in [0.1, 0.15) is 0 Å². The molecule has 2 aliphatic rings. The van der Waals surface area contributed by atoms with Crippen LogP contribution in [0.3, 0.4) is 0 Å². The molecule has 1 fully saturated rings. The molecule has 0 saturated carbocycles. The Kier molecular flexibility index (Phi) is 6.77. The van der Waals surface area contributed by atoms with Crippen molar-refractivity contribution in [3.63, 3.8) is 0 Å². The molecule has 170 valence electrons. The summed E-state index contributed by atoms with van der Waals surface area (Å²) in [6, 6.07) is 13.0. The third-order valence-corrected chi connectivity index (χ3v) is 6.93. The molecule has 0 aromatic heterocycles. The van der Waals surface area contributed by atoms with Gasteiger partial charge in [-0.2, -0.15) is 5.10 Å². The third kappa shape index (κ3) is 4.79. The lowest BCUT2D eigenvalue weighted by atomic mass is 9.92. The largest absolute Gasteiger partial charge is 0.301 e. The highest BCUT2D eigenvalue weighted by Crippen LogP contribution is 2.35. The fraction of sp³-hybridized carbons (Fsp3) is 0.481. The lowest BCUT2D eigenvalue weighted by Gasteiger charge is -2.34. The number of carbonyl (C=O) groups is 1. The van der Waals surface area contributed by atoms with Crippen LogP contribution in [0.15, 0.2) is 41.5 Å². The number of hydrazone groups is 1. The van der Waals surface area contributed by atoms with E-state index in [1.54, 1.807) is 5.01 Å². The normalized spacial score (nSPS) is 20.0. The summed E-state index contributed by atoms with van der Waals surface area (Å²) in [6.07, 6.45) is 0.754. The number of nitrogens with zero attached hydrogens (tertiary/aromatic N) is 4. The van der Waals surface area contributed by atoms with E-state index in [0.29, 0.717) is 6.54 Å². The summed E-state index contributed by atoms with van der Waals surface area (Å²) < 4.78 is 0. The van der Waals surface area contributed by atoms with Crippen molar-refractivity contribution in [2.45, 2.75) is 47.1 Å². The van der Waals surface area contributed by atoms with Crippen LogP contribution < -0.4 is 0 Å². The van der Waals surface area contributed by atoms with Crippen molar-refractivity contribution in [1.82, 2.24) is 14.8 Å². The van der Waals surface area contributed by atoms with E-state index in [2.05, 4.69) is 80.8 Å². The van der Waals surface area contributed by atoms with Crippen molar-refractivity contribution in [2.75, 3.05) is 39.3 Å². The summed E-state index contributed by atoms with van der Waals surface area (Å²) in [5.41, 5.74) is 8.24. The number of aryl methyl sites for hydroxylation is 4. The lowest BCUT2D eigenvalue weighted by Crippen LogP contribution is -2.49. The molecule has 0 spiro atoms. The van der Waals surface area contributed by atoms with Gasteiger partial charge in [-0.3, -0.25) is 9.69 Å². The van der Waals surface area contributed by atoms with Gasteiger partial charge in [0.15, 0.2) is 0 Å². The fourth-order valence-electron chi connectivity index (χ4n) is 4.84. The highest BCUT2D eigenvalue weighted by Gasteiger charge is 2.35. The smallest absolute Gasteiger partial charge is 0.257 e. The molecule has 2 aromatic carbocycles. The number of carbonyl (C=O) groups excluding carboxylic acids is 1. The molecule has 2 aromatic rings. The minimum atomic E-state index is -0.0470. The number of rotatable bonds is 5. The minimum absolute atomic E-state index is 0.0470. The second kappa shape index (κ2) is 9.55. The van der Waals surface area contributed by atoms with Crippen molar-refractivity contribution in [3.05, 3.63) is 69.8 Å². The Morgan fingerprint density at radius 1 is 0.906 bits per heavy atom. The van der Waals surface area contributed by atoms with Crippen LogP contribution >= 0.6 is 0 Å². The summed E-state index contributed by atoms with van der Waals surface area (Å²) in [5, 5.41) is 6.73. The molecule has 0 aliphatic carbocycles. The van der Waals surface area contributed by atoms with Crippen molar-refractivity contribution in [3.8, 4) is 0 Å². The first-order valence-corrected chi connectivity index (χ1v) is 11.8. The van der Waals surface area contributed by atoms with E-state index < -0.39 is 0 Å². The SMILES string of the molecule is CCN1CCN(CC(=O)N2N=C(c3cc(C)ccc3C)C[C@@H]2c2cc(C)ccc2C)CC1. The Bertz CT molecular complexity index is 1020. The predicted octanol–water partition coefficient (Wildman–Crippen LogP) is 4.24. The van der Waals surface area contributed by atoms with Crippen LogP contribution in [0.2, 0.25) is 0 Å². The molecule has 1 saturated heterocycles. The molecule has 0 N–H and O–H groups in total. The molecule has 0 radical (unpaired) electrons. The molecule has 4 rings (SSSR count). The van der Waals surface area contributed by atoms with E-state index in [1.165, 1.54) is 27.8 Å². The average Bonchev–Trinajstić information content (AvgIpc) is 3.23. The first-order chi connectivity index (χ1) is 15.4. The maximum Gasteiger partial charge on any atom is 0.257 e. The third-order valence-electron chi connectivity index (χ3n) is 6.93. The lowest BCUT2D eigenvalue weighted by molar-refractivity contribution is -0.134. The highest BCUT2D eigenvalue weighted by molar-refractivity contribution is 6.04. The van der Waals surface area contributed by atoms with E-state index in [9.17, 15) is 4.79 Å². The summed E-state index contributed by atoms with van der Waals surface area (Å²) >= 11 is 0. The number of amides is 1. The molecule has 5 nitrogen and oxygen atoms in total. The van der Waals surface area contributed by atoms with Gasteiger partial charge in [0.25, 0.3) is 5.91 Å². The zero-order valence-electron chi connectivity index (χ0n) is 20.2. The first-order valence-electron chi connectivity index (χ1n) is 11.8. The summed E-state index contributed by atoms with van der Waals surface area (Å²) in [5.74, 6) is 0.0983. The number of benzene rings is 2. The van der Waals surface area contributed by atoms with Gasteiger partial charge in [0.05, 0.1) is 18.3 Å². The zero-order chi connectivity index (χ0) is 22.8. The van der Waals surface area contributed by atoms with Crippen LogP contribution in [-0.2, 0) is 4.79 Å². The van der Waals surface area contributed by atoms with E-state index in [-0.39, 0.29) is 11.9 Å². The number of hydrogen-bond donors (Lipinski definition) is 0. The van der Waals surface area contributed by atoms with Crippen molar-refractivity contribution < 1.29 is 4.79 Å². The van der Waals surface area contributed by atoms with Crippen LogP contribution in [0, 0.1) is 27.7 Å². The maximum atomic E-state index is 13.5. The molecule has 32 heavy (non-hydrogen) atoms. The quantitative estimate of drug-likeness (QED) is 0.710. The molecule has 1 amide bonds. The molecule has 0 unspecified atom stereocenters. The van der Waals surface area contributed by atoms with Gasteiger partial charge in [0, 0.05) is 38.2 Å². The number of likely N-dealkylation sites (N-methyl/N-ethyl adjacent to an activating group) is 1. The fourth-order valence-corrected chi connectivity index (χ4v) is 4.84. The van der Waals surface area contributed by atoms with Gasteiger partial charge in [-0.25, -0.2) is 5.01 Å². The average molecular weight is 433 g/mol. The van der Waals surface area contributed by atoms with E-state index in [1.807, 2.05) is 0 Å². The molecular weight excluding hydrogens is 396 g/mol. The molecule has 0 bridgehead atoms. The maximum absolute atomic E-state index is 13.5. The Morgan fingerprint density at radius 2 is 1.53 bits per heavy atom. The summed E-state index contributed by atoms with van der Waals surface area (Å²) in [6.45, 7) is 16.1. The minimum Gasteiger partial charge on any atom is -0.301 e. The van der Waals surface area contributed by atoms with Crippen LogP contribution in [0.1, 0.15) is 52.8 Å². The van der Waals surface area contributed by atoms with Crippen LogP contribution in [0.5, 0.6) is 0 Å². The molecule has 1 atom stereocenters. The van der Waals surface area contributed by atoms with Crippen molar-refractivity contribution >= 4 is 11.6 Å². The van der Waals surface area contributed by atoms with Crippen LogP contribution in [0.4, 0.5) is 0 Å². The highest BCUT2D eigenvalue weighted by atomic mass is 16.2. The molecule has 2 aliphatic heterocycles. The molecule has 5 heteroatoms. The van der Waals surface area contributed by atoms with E-state index in [0.717, 1.165) is 50.4 Å². The molecule has 2 heterocycles. The Balaban J connectivity index is 1.63. The predicted molar refractivity (Wildman–Crippen MR) is 131 cm³/mol.